The summed E-state index contributed by atoms with van der Waals surface area (Å²) in [6.45, 7) is 3.61. The molecule has 0 fully saturated rings. The average molecular weight is 484 g/mol. The Hall–Kier alpha value is -4.74. The summed E-state index contributed by atoms with van der Waals surface area (Å²) in [6.07, 6.45) is 14.5. The standard InChI is InChI=1S/C24H22FN11/c1-2-16-12-28-24(29-13-16)34-8-5-17(6-9-34)21-14-27-23-22(26-7-10-35(21)23)31-20-4-3-18(11-19(20)25)36-15-30-32-33-36/h3-5,7,10-15H,2,6,8-9H2,1H3,(H,26,31). The predicted octanol–water partition coefficient (Wildman–Crippen LogP) is 3.23. The molecule has 0 amide bonds. The lowest BCUT2D eigenvalue weighted by Gasteiger charge is -2.26. The van der Waals surface area contributed by atoms with Crippen molar-refractivity contribution < 1.29 is 4.39 Å². The van der Waals surface area contributed by atoms with E-state index in [1.807, 2.05) is 29.2 Å². The largest absolute Gasteiger partial charge is 0.337 e. The Balaban J connectivity index is 1.23. The molecule has 0 bridgehead atoms. The number of aromatic nitrogens is 9. The number of nitrogens with one attached hydrogen (secondary N) is 1. The average Bonchev–Trinajstić information content (AvgIpc) is 3.61. The summed E-state index contributed by atoms with van der Waals surface area (Å²) in [5.74, 6) is 0.743. The number of benzene rings is 1. The summed E-state index contributed by atoms with van der Waals surface area (Å²) in [5.41, 5.74) is 4.68. The van der Waals surface area contributed by atoms with Gasteiger partial charge in [-0.15, -0.1) is 5.10 Å². The van der Waals surface area contributed by atoms with Crippen LogP contribution in [0.2, 0.25) is 0 Å². The summed E-state index contributed by atoms with van der Waals surface area (Å²) >= 11 is 0. The topological polar surface area (TPSA) is 115 Å². The number of fused-ring (bicyclic) bond motifs is 1. The fourth-order valence-electron chi connectivity index (χ4n) is 4.18. The van der Waals surface area contributed by atoms with Gasteiger partial charge in [0, 0.05) is 43.9 Å². The van der Waals surface area contributed by atoms with Crippen LogP contribution in [0.5, 0.6) is 0 Å². The van der Waals surface area contributed by atoms with Gasteiger partial charge in [-0.05, 0) is 46.5 Å². The van der Waals surface area contributed by atoms with Gasteiger partial charge >= 0.3 is 0 Å². The van der Waals surface area contributed by atoms with Crippen molar-refractivity contribution in [3.8, 4) is 5.69 Å². The molecular weight excluding hydrogens is 461 g/mol. The highest BCUT2D eigenvalue weighted by Crippen LogP contribution is 2.28. The highest BCUT2D eigenvalue weighted by atomic mass is 19.1. The molecule has 0 saturated heterocycles. The van der Waals surface area contributed by atoms with Crippen molar-refractivity contribution in [1.82, 2.24) is 44.5 Å². The molecule has 0 unspecified atom stereocenters. The third-order valence-electron chi connectivity index (χ3n) is 6.17. The SMILES string of the molecule is CCc1cnc(N2CC=C(c3cnc4c(Nc5ccc(-n6cnnn6)cc5F)nccn34)CC2)nc1. The smallest absolute Gasteiger partial charge is 0.225 e. The molecule has 1 aliphatic heterocycles. The van der Waals surface area contributed by atoms with Crippen LogP contribution in [0.4, 0.5) is 21.8 Å². The monoisotopic (exact) mass is 483 g/mol. The van der Waals surface area contributed by atoms with Crippen molar-refractivity contribution in [2.45, 2.75) is 19.8 Å². The molecule has 0 aliphatic carbocycles. The van der Waals surface area contributed by atoms with Gasteiger partial charge in [0.25, 0.3) is 0 Å². The maximum absolute atomic E-state index is 14.8. The van der Waals surface area contributed by atoms with Crippen LogP contribution in [-0.2, 0) is 6.42 Å². The third-order valence-corrected chi connectivity index (χ3v) is 6.17. The lowest BCUT2D eigenvalue weighted by atomic mass is 10.1. The maximum atomic E-state index is 14.8. The van der Waals surface area contributed by atoms with Crippen LogP contribution in [-0.4, -0.2) is 57.6 Å². The van der Waals surface area contributed by atoms with Crippen molar-refractivity contribution in [1.29, 1.82) is 0 Å². The molecule has 12 heteroatoms. The van der Waals surface area contributed by atoms with E-state index in [2.05, 4.69) is 58.7 Å². The molecule has 11 nitrogen and oxygen atoms in total. The van der Waals surface area contributed by atoms with E-state index in [0.717, 1.165) is 36.6 Å². The summed E-state index contributed by atoms with van der Waals surface area (Å²) in [4.78, 5) is 20.1. The van der Waals surface area contributed by atoms with Crippen molar-refractivity contribution in [3.05, 3.63) is 78.7 Å². The van der Waals surface area contributed by atoms with Crippen molar-refractivity contribution >= 4 is 28.7 Å². The highest BCUT2D eigenvalue weighted by Gasteiger charge is 2.19. The number of nitrogens with zero attached hydrogens (tertiary/aromatic N) is 10. The van der Waals surface area contributed by atoms with Crippen molar-refractivity contribution in [2.24, 2.45) is 0 Å². The Morgan fingerprint density at radius 1 is 1.08 bits per heavy atom. The fourth-order valence-corrected chi connectivity index (χ4v) is 4.18. The van der Waals surface area contributed by atoms with Gasteiger partial charge in [-0.1, -0.05) is 13.0 Å². The van der Waals surface area contributed by atoms with Crippen molar-refractivity contribution in [3.63, 3.8) is 0 Å². The van der Waals surface area contributed by atoms with Gasteiger partial charge in [0.1, 0.15) is 12.1 Å². The molecule has 5 heterocycles. The molecule has 4 aromatic heterocycles. The maximum Gasteiger partial charge on any atom is 0.225 e. The second-order valence-corrected chi connectivity index (χ2v) is 8.33. The first-order valence-electron chi connectivity index (χ1n) is 11.6. The lowest BCUT2D eigenvalue weighted by Crippen LogP contribution is -2.30. The summed E-state index contributed by atoms with van der Waals surface area (Å²) < 4.78 is 18.2. The van der Waals surface area contributed by atoms with Crippen LogP contribution < -0.4 is 10.2 Å². The van der Waals surface area contributed by atoms with Gasteiger partial charge < -0.3 is 10.2 Å². The Morgan fingerprint density at radius 3 is 2.69 bits per heavy atom. The zero-order valence-corrected chi connectivity index (χ0v) is 19.5. The lowest BCUT2D eigenvalue weighted by molar-refractivity contribution is 0.628. The Labute approximate surface area is 205 Å². The van der Waals surface area contributed by atoms with E-state index in [-0.39, 0.29) is 5.69 Å². The molecule has 0 saturated carbocycles. The van der Waals surface area contributed by atoms with Crippen LogP contribution in [0.15, 0.2) is 61.6 Å². The number of imidazole rings is 1. The predicted molar refractivity (Wildman–Crippen MR) is 132 cm³/mol. The number of rotatable bonds is 6. The molecule has 36 heavy (non-hydrogen) atoms. The zero-order valence-electron chi connectivity index (χ0n) is 19.5. The number of tetrazole rings is 1. The molecule has 1 N–H and O–H groups in total. The highest BCUT2D eigenvalue weighted by molar-refractivity contribution is 5.75. The minimum atomic E-state index is -0.456. The number of hydrogen-bond acceptors (Lipinski definition) is 9. The van der Waals surface area contributed by atoms with Gasteiger partial charge in [0.05, 0.1) is 23.3 Å². The Kier molecular flexibility index (Phi) is 5.52. The number of halogens is 1. The molecule has 0 radical (unpaired) electrons. The van der Waals surface area contributed by atoms with E-state index < -0.39 is 5.82 Å². The first kappa shape index (κ1) is 21.8. The van der Waals surface area contributed by atoms with Crippen LogP contribution >= 0.6 is 0 Å². The Morgan fingerprint density at radius 2 is 1.97 bits per heavy atom. The normalized spacial score (nSPS) is 13.7. The number of aryl methyl sites for hydroxylation is 1. The molecule has 6 rings (SSSR count). The minimum Gasteiger partial charge on any atom is -0.337 e. The van der Waals surface area contributed by atoms with E-state index in [1.165, 1.54) is 22.6 Å². The summed E-state index contributed by atoms with van der Waals surface area (Å²) in [6, 6.07) is 4.69. The fraction of sp³-hybridized carbons (Fsp3) is 0.208. The third kappa shape index (κ3) is 4.02. The van der Waals surface area contributed by atoms with Crippen LogP contribution in [0.3, 0.4) is 0 Å². The van der Waals surface area contributed by atoms with E-state index in [4.69, 9.17) is 0 Å². The molecule has 180 valence electrons. The van der Waals surface area contributed by atoms with E-state index in [1.54, 1.807) is 18.3 Å². The van der Waals surface area contributed by atoms with Gasteiger partial charge in [0.2, 0.25) is 5.95 Å². The molecule has 1 aliphatic rings. The van der Waals surface area contributed by atoms with Gasteiger partial charge in [-0.3, -0.25) is 4.40 Å². The molecule has 1 aromatic carbocycles. The van der Waals surface area contributed by atoms with Gasteiger partial charge in [-0.25, -0.2) is 29.0 Å². The number of anilines is 3. The van der Waals surface area contributed by atoms with Gasteiger partial charge in [0.15, 0.2) is 11.5 Å². The van der Waals surface area contributed by atoms with Crippen LogP contribution in [0, 0.1) is 5.82 Å². The van der Waals surface area contributed by atoms with E-state index in [9.17, 15) is 4.39 Å². The van der Waals surface area contributed by atoms with Gasteiger partial charge in [-0.2, -0.15) is 0 Å². The minimum absolute atomic E-state index is 0.276. The quantitative estimate of drug-likeness (QED) is 0.389. The van der Waals surface area contributed by atoms with Crippen molar-refractivity contribution in [2.75, 3.05) is 23.3 Å². The molecular formula is C24H22FN11. The van der Waals surface area contributed by atoms with Crippen LogP contribution in [0.25, 0.3) is 16.9 Å². The van der Waals surface area contributed by atoms with E-state index >= 15 is 0 Å². The molecule has 5 aromatic rings. The summed E-state index contributed by atoms with van der Waals surface area (Å²) in [7, 11) is 0. The second-order valence-electron chi connectivity index (χ2n) is 8.33. The summed E-state index contributed by atoms with van der Waals surface area (Å²) in [5, 5.41) is 14.0. The van der Waals surface area contributed by atoms with E-state index in [0.29, 0.717) is 23.7 Å². The van der Waals surface area contributed by atoms with Crippen LogP contribution in [0.1, 0.15) is 24.6 Å². The number of hydrogen-bond donors (Lipinski definition) is 1. The molecule has 0 spiro atoms. The Bertz CT molecular complexity index is 1540. The first-order chi connectivity index (χ1) is 17.7. The zero-order chi connectivity index (χ0) is 24.5. The first-order valence-corrected chi connectivity index (χ1v) is 11.6. The molecule has 0 atom stereocenters. The second kappa shape index (κ2) is 9.13.